The normalized spacial score (nSPS) is 14.1. The highest BCUT2D eigenvalue weighted by Gasteiger charge is 2.25. The van der Waals surface area contributed by atoms with E-state index in [1.165, 1.54) is 6.26 Å². The molecule has 2 aromatic carbocycles. The van der Waals surface area contributed by atoms with Gasteiger partial charge in [-0.3, -0.25) is 9.79 Å². The second-order valence-corrected chi connectivity index (χ2v) is 9.26. The minimum absolute atomic E-state index is 0.240. The molecule has 5 nitrogen and oxygen atoms in total. The van der Waals surface area contributed by atoms with Gasteiger partial charge in [0.25, 0.3) is 0 Å². The fraction of sp³-hybridized carbons (Fsp3) is 0.300. The molecule has 2 rings (SSSR count). The average Bonchev–Trinajstić information content (AvgIpc) is 2.54. The molecule has 0 aromatic heterocycles. The molecule has 1 unspecified atom stereocenters. The number of primary amides is 1. The topological polar surface area (TPSA) is 89.6 Å². The maximum Gasteiger partial charge on any atom is 0.246 e. The summed E-state index contributed by atoms with van der Waals surface area (Å²) in [6.45, 7) is 5.96. The van der Waals surface area contributed by atoms with E-state index in [4.69, 9.17) is 5.73 Å². The highest BCUT2D eigenvalue weighted by Crippen LogP contribution is 2.27. The number of hydrogen-bond donors (Lipinski definition) is 1. The zero-order chi connectivity index (χ0) is 19.5. The van der Waals surface area contributed by atoms with Gasteiger partial charge in [-0.1, -0.05) is 63.2 Å². The Morgan fingerprint density at radius 3 is 1.96 bits per heavy atom. The Balaban J connectivity index is 2.57. The SMILES string of the molecule is CC(C)(C)C(=NC(C(N)=O)c1ccccc1)c1ccc(S(C)(=O)=O)cc1. The molecule has 2 N–H and O–H groups in total. The van der Waals surface area contributed by atoms with Crippen LogP contribution in [0.1, 0.15) is 37.9 Å². The van der Waals surface area contributed by atoms with Crippen LogP contribution in [0.15, 0.2) is 64.5 Å². The Morgan fingerprint density at radius 1 is 1.00 bits per heavy atom. The summed E-state index contributed by atoms with van der Waals surface area (Å²) < 4.78 is 23.3. The Hall–Kier alpha value is -2.47. The number of aliphatic imine (C=N–C) groups is 1. The van der Waals surface area contributed by atoms with Crippen molar-refractivity contribution in [3.05, 3.63) is 65.7 Å². The number of amides is 1. The van der Waals surface area contributed by atoms with Gasteiger partial charge in [-0.05, 0) is 23.3 Å². The van der Waals surface area contributed by atoms with Crippen LogP contribution in [0, 0.1) is 5.41 Å². The van der Waals surface area contributed by atoms with E-state index in [0.29, 0.717) is 5.71 Å². The van der Waals surface area contributed by atoms with Crippen molar-refractivity contribution in [3.8, 4) is 0 Å². The van der Waals surface area contributed by atoms with Crippen LogP contribution in [-0.4, -0.2) is 26.3 Å². The first-order valence-electron chi connectivity index (χ1n) is 8.23. The summed E-state index contributed by atoms with van der Waals surface area (Å²) >= 11 is 0. The van der Waals surface area contributed by atoms with Gasteiger partial charge < -0.3 is 5.73 Å². The lowest BCUT2D eigenvalue weighted by molar-refractivity contribution is -0.119. The fourth-order valence-electron chi connectivity index (χ4n) is 2.63. The first-order chi connectivity index (χ1) is 12.0. The van der Waals surface area contributed by atoms with Crippen molar-refractivity contribution in [2.45, 2.75) is 31.7 Å². The van der Waals surface area contributed by atoms with Gasteiger partial charge in [0.15, 0.2) is 15.9 Å². The maximum atomic E-state index is 12.0. The van der Waals surface area contributed by atoms with E-state index in [2.05, 4.69) is 4.99 Å². The lowest BCUT2D eigenvalue weighted by Gasteiger charge is -2.24. The molecule has 0 aliphatic heterocycles. The minimum atomic E-state index is -3.27. The summed E-state index contributed by atoms with van der Waals surface area (Å²) in [5.74, 6) is -0.536. The predicted octanol–water partition coefficient (Wildman–Crippen LogP) is 3.15. The van der Waals surface area contributed by atoms with Crippen molar-refractivity contribution in [1.82, 2.24) is 0 Å². The molecular weight excluding hydrogens is 348 g/mol. The number of sulfone groups is 1. The molecule has 1 atom stereocenters. The summed E-state index contributed by atoms with van der Waals surface area (Å²) in [5, 5.41) is 0. The van der Waals surface area contributed by atoms with Gasteiger partial charge in [0.1, 0.15) is 0 Å². The van der Waals surface area contributed by atoms with Gasteiger partial charge in [-0.25, -0.2) is 8.42 Å². The van der Waals surface area contributed by atoms with Crippen molar-refractivity contribution in [3.63, 3.8) is 0 Å². The van der Waals surface area contributed by atoms with E-state index in [-0.39, 0.29) is 10.3 Å². The van der Waals surface area contributed by atoms with E-state index < -0.39 is 21.8 Å². The van der Waals surface area contributed by atoms with Crippen LogP contribution >= 0.6 is 0 Å². The van der Waals surface area contributed by atoms with E-state index >= 15 is 0 Å². The van der Waals surface area contributed by atoms with Gasteiger partial charge >= 0.3 is 0 Å². The third kappa shape index (κ3) is 4.79. The molecule has 0 radical (unpaired) electrons. The van der Waals surface area contributed by atoms with Crippen molar-refractivity contribution in [2.75, 3.05) is 6.26 Å². The molecular formula is C20H24N2O3S. The van der Waals surface area contributed by atoms with E-state index in [9.17, 15) is 13.2 Å². The number of nitrogens with two attached hydrogens (primary N) is 1. The molecule has 0 bridgehead atoms. The molecule has 0 saturated heterocycles. The summed E-state index contributed by atoms with van der Waals surface area (Å²) in [6, 6.07) is 14.9. The van der Waals surface area contributed by atoms with Crippen LogP contribution in [0.25, 0.3) is 0 Å². The number of benzene rings is 2. The van der Waals surface area contributed by atoms with Gasteiger partial charge in [-0.15, -0.1) is 0 Å². The van der Waals surface area contributed by atoms with Gasteiger partial charge in [-0.2, -0.15) is 0 Å². The number of carbonyl (C=O) groups is 1. The number of carbonyl (C=O) groups excluding carboxylic acids is 1. The highest BCUT2D eigenvalue weighted by molar-refractivity contribution is 7.90. The molecule has 0 heterocycles. The zero-order valence-corrected chi connectivity index (χ0v) is 16.2. The fourth-order valence-corrected chi connectivity index (χ4v) is 3.26. The highest BCUT2D eigenvalue weighted by atomic mass is 32.2. The first-order valence-corrected chi connectivity index (χ1v) is 10.1. The molecule has 26 heavy (non-hydrogen) atoms. The largest absolute Gasteiger partial charge is 0.368 e. The third-order valence-corrected chi connectivity index (χ3v) is 5.04. The summed E-state index contributed by atoms with van der Waals surface area (Å²) in [7, 11) is -3.27. The molecule has 1 amide bonds. The monoisotopic (exact) mass is 372 g/mol. The predicted molar refractivity (Wildman–Crippen MR) is 104 cm³/mol. The van der Waals surface area contributed by atoms with Crippen molar-refractivity contribution >= 4 is 21.5 Å². The molecule has 0 aliphatic rings. The first kappa shape index (κ1) is 19.8. The zero-order valence-electron chi connectivity index (χ0n) is 15.4. The molecule has 0 spiro atoms. The Morgan fingerprint density at radius 2 is 1.54 bits per heavy atom. The lowest BCUT2D eigenvalue weighted by Crippen LogP contribution is -2.27. The van der Waals surface area contributed by atoms with E-state index in [0.717, 1.165) is 11.1 Å². The Labute approximate surface area is 154 Å². The quantitative estimate of drug-likeness (QED) is 0.818. The number of nitrogens with zero attached hydrogens (tertiary/aromatic N) is 1. The van der Waals surface area contributed by atoms with E-state index in [1.807, 2.05) is 51.1 Å². The van der Waals surface area contributed by atoms with Crippen LogP contribution in [0.3, 0.4) is 0 Å². The maximum absolute atomic E-state index is 12.0. The van der Waals surface area contributed by atoms with Crippen LogP contribution in [0.2, 0.25) is 0 Å². The van der Waals surface area contributed by atoms with Crippen LogP contribution in [0.5, 0.6) is 0 Å². The molecule has 138 valence electrons. The third-order valence-electron chi connectivity index (χ3n) is 3.91. The number of rotatable bonds is 5. The molecule has 2 aromatic rings. The van der Waals surface area contributed by atoms with Crippen LogP contribution < -0.4 is 5.73 Å². The minimum Gasteiger partial charge on any atom is -0.368 e. The van der Waals surface area contributed by atoms with Crippen molar-refractivity contribution < 1.29 is 13.2 Å². The Bertz CT molecular complexity index is 910. The van der Waals surface area contributed by atoms with E-state index in [1.54, 1.807) is 24.3 Å². The smallest absolute Gasteiger partial charge is 0.246 e. The Kier molecular flexibility index (Phi) is 5.66. The second kappa shape index (κ2) is 7.41. The molecule has 6 heteroatoms. The van der Waals surface area contributed by atoms with Crippen molar-refractivity contribution in [2.24, 2.45) is 16.1 Å². The van der Waals surface area contributed by atoms with Crippen molar-refractivity contribution in [1.29, 1.82) is 0 Å². The van der Waals surface area contributed by atoms with Gasteiger partial charge in [0, 0.05) is 17.4 Å². The summed E-state index contributed by atoms with van der Waals surface area (Å²) in [5.41, 5.74) is 7.39. The molecule has 0 fully saturated rings. The average molecular weight is 372 g/mol. The summed E-state index contributed by atoms with van der Waals surface area (Å²) in [4.78, 5) is 16.9. The van der Waals surface area contributed by atoms with Gasteiger partial charge in [0.05, 0.1) is 4.90 Å². The van der Waals surface area contributed by atoms with Crippen LogP contribution in [0.4, 0.5) is 0 Å². The second-order valence-electron chi connectivity index (χ2n) is 7.24. The van der Waals surface area contributed by atoms with Crippen LogP contribution in [-0.2, 0) is 14.6 Å². The van der Waals surface area contributed by atoms with Gasteiger partial charge in [0.2, 0.25) is 5.91 Å². The number of hydrogen-bond acceptors (Lipinski definition) is 4. The molecule has 0 saturated carbocycles. The molecule has 0 aliphatic carbocycles. The summed E-state index contributed by atoms with van der Waals surface area (Å²) in [6.07, 6.45) is 1.17. The standard InChI is InChI=1S/C20H24N2O3S/c1-20(2,3)18(15-10-12-16(13-11-15)26(4,24)25)22-17(19(21)23)14-8-6-5-7-9-14/h5-13,17H,1-4H3,(H2,21,23). The lowest BCUT2D eigenvalue weighted by atomic mass is 9.85.